The highest BCUT2D eigenvalue weighted by Gasteiger charge is 2.06. The van der Waals surface area contributed by atoms with Crippen LogP contribution in [-0.2, 0) is 0 Å². The number of H-pyrrole nitrogens is 2. The third-order valence-electron chi connectivity index (χ3n) is 2.57. The number of nitrogens with one attached hydrogen (secondary N) is 2. The molecule has 2 N–H and O–H groups in total. The van der Waals surface area contributed by atoms with E-state index in [4.69, 9.17) is 12.2 Å². The van der Waals surface area contributed by atoms with Gasteiger partial charge >= 0.3 is 0 Å². The van der Waals surface area contributed by atoms with E-state index in [1.54, 1.807) is 0 Å². The molecule has 0 unspecified atom stereocenters. The first kappa shape index (κ1) is 10.2. The zero-order valence-electron chi connectivity index (χ0n) is 9.14. The fraction of sp³-hybridized carbons (Fsp3) is 0.250. The van der Waals surface area contributed by atoms with E-state index >= 15 is 0 Å². The molecule has 2 aromatic rings. The number of hydrogen-bond donors (Lipinski definition) is 2. The Bertz CT molecular complexity index is 549. The summed E-state index contributed by atoms with van der Waals surface area (Å²) in [7, 11) is 0. The van der Waals surface area contributed by atoms with Crippen molar-refractivity contribution < 1.29 is 0 Å². The second-order valence-electron chi connectivity index (χ2n) is 3.90. The summed E-state index contributed by atoms with van der Waals surface area (Å²) in [6.45, 7) is 6.25. The Kier molecular flexibility index (Phi) is 2.49. The number of aromatic amines is 2. The maximum Gasteiger partial charge on any atom is 0.175 e. The van der Waals surface area contributed by atoms with Gasteiger partial charge in [-0.1, -0.05) is 23.8 Å². The van der Waals surface area contributed by atoms with Gasteiger partial charge in [0.25, 0.3) is 0 Å². The fourth-order valence-electron chi connectivity index (χ4n) is 1.83. The Morgan fingerprint density at radius 2 is 1.80 bits per heavy atom. The van der Waals surface area contributed by atoms with Crippen molar-refractivity contribution in [1.29, 1.82) is 0 Å². The molecule has 2 nitrogen and oxygen atoms in total. The van der Waals surface area contributed by atoms with Gasteiger partial charge in [0.2, 0.25) is 0 Å². The molecule has 0 aliphatic heterocycles. The maximum atomic E-state index is 5.08. The van der Waals surface area contributed by atoms with Crippen molar-refractivity contribution in [2.75, 3.05) is 0 Å². The van der Waals surface area contributed by atoms with Crippen molar-refractivity contribution in [3.63, 3.8) is 0 Å². The molecule has 0 aliphatic carbocycles. The average Bonchev–Trinajstić information content (AvgIpc) is 2.45. The first-order chi connectivity index (χ1) is 7.08. The van der Waals surface area contributed by atoms with Crippen molar-refractivity contribution in [2.45, 2.75) is 20.8 Å². The van der Waals surface area contributed by atoms with Gasteiger partial charge in [-0.25, -0.2) is 0 Å². The van der Waals surface area contributed by atoms with Crippen LogP contribution in [0.3, 0.4) is 0 Å². The van der Waals surface area contributed by atoms with Crippen LogP contribution in [0, 0.1) is 25.5 Å². The molecule has 3 heteroatoms. The molecular weight excluding hydrogens is 204 g/mol. The standard InChI is InChI=1S/C12H14N2S/c1-7-4-5-10(8(2)6-7)11-9(3)13-12(15)14-11/h4-6H,1-3H3,(H2,13,14,15). The maximum absolute atomic E-state index is 5.08. The monoisotopic (exact) mass is 218 g/mol. The summed E-state index contributed by atoms with van der Waals surface area (Å²) >= 11 is 5.08. The highest BCUT2D eigenvalue weighted by molar-refractivity contribution is 7.71. The lowest BCUT2D eigenvalue weighted by Gasteiger charge is -2.05. The summed E-state index contributed by atoms with van der Waals surface area (Å²) in [6.07, 6.45) is 0. The number of rotatable bonds is 1. The van der Waals surface area contributed by atoms with E-state index in [1.807, 2.05) is 6.92 Å². The van der Waals surface area contributed by atoms with Gasteiger partial charge in [-0.05, 0) is 38.6 Å². The molecule has 0 spiro atoms. The van der Waals surface area contributed by atoms with Crippen molar-refractivity contribution in [1.82, 2.24) is 9.97 Å². The Labute approximate surface area is 94.4 Å². The van der Waals surface area contributed by atoms with Crippen LogP contribution in [0.5, 0.6) is 0 Å². The molecule has 0 saturated carbocycles. The highest BCUT2D eigenvalue weighted by Crippen LogP contribution is 2.24. The zero-order chi connectivity index (χ0) is 11.0. The summed E-state index contributed by atoms with van der Waals surface area (Å²) in [4.78, 5) is 6.29. The molecule has 0 aliphatic rings. The van der Waals surface area contributed by atoms with E-state index in [2.05, 4.69) is 42.0 Å². The fourth-order valence-corrected chi connectivity index (χ4v) is 2.09. The van der Waals surface area contributed by atoms with Gasteiger partial charge in [0.1, 0.15) is 0 Å². The van der Waals surface area contributed by atoms with Crippen molar-refractivity contribution >= 4 is 12.2 Å². The Balaban J connectivity index is 2.64. The van der Waals surface area contributed by atoms with E-state index in [9.17, 15) is 0 Å². The van der Waals surface area contributed by atoms with Crippen LogP contribution in [-0.4, -0.2) is 9.97 Å². The molecule has 78 valence electrons. The molecule has 1 aromatic heterocycles. The normalized spacial score (nSPS) is 10.6. The summed E-state index contributed by atoms with van der Waals surface area (Å²) in [5.74, 6) is 0. The summed E-state index contributed by atoms with van der Waals surface area (Å²) in [6, 6.07) is 6.43. The lowest BCUT2D eigenvalue weighted by molar-refractivity contribution is 1.22. The molecular formula is C12H14N2S. The van der Waals surface area contributed by atoms with Crippen molar-refractivity contribution in [3.05, 3.63) is 39.8 Å². The SMILES string of the molecule is Cc1ccc(-c2[nH]c(=S)[nH]c2C)c(C)c1. The third kappa shape index (κ3) is 1.88. The minimum Gasteiger partial charge on any atom is -0.334 e. The molecule has 0 atom stereocenters. The van der Waals surface area contributed by atoms with Crippen LogP contribution >= 0.6 is 12.2 Å². The molecule has 0 radical (unpaired) electrons. The Morgan fingerprint density at radius 3 is 2.33 bits per heavy atom. The summed E-state index contributed by atoms with van der Waals surface area (Å²) in [5, 5.41) is 0. The summed E-state index contributed by atoms with van der Waals surface area (Å²) < 4.78 is 0.683. The topological polar surface area (TPSA) is 31.6 Å². The third-order valence-corrected chi connectivity index (χ3v) is 2.77. The van der Waals surface area contributed by atoms with Crippen LogP contribution in [0.4, 0.5) is 0 Å². The van der Waals surface area contributed by atoms with Gasteiger partial charge in [-0.15, -0.1) is 0 Å². The predicted octanol–water partition coefficient (Wildman–Crippen LogP) is 3.66. The second kappa shape index (κ2) is 3.66. The molecule has 1 heterocycles. The number of aryl methyl sites for hydroxylation is 3. The zero-order valence-corrected chi connectivity index (χ0v) is 9.96. The molecule has 0 bridgehead atoms. The number of imidazole rings is 1. The Hall–Kier alpha value is -1.35. The Morgan fingerprint density at radius 1 is 1.07 bits per heavy atom. The summed E-state index contributed by atoms with van der Waals surface area (Å²) in [5.41, 5.74) is 5.95. The molecule has 0 amide bonds. The van der Waals surface area contributed by atoms with Crippen molar-refractivity contribution in [3.8, 4) is 11.3 Å². The number of aromatic nitrogens is 2. The van der Waals surface area contributed by atoms with Gasteiger partial charge in [0.05, 0.1) is 5.69 Å². The van der Waals surface area contributed by atoms with Gasteiger partial charge in [-0.2, -0.15) is 0 Å². The van der Waals surface area contributed by atoms with Crippen LogP contribution in [0.2, 0.25) is 0 Å². The smallest absolute Gasteiger partial charge is 0.175 e. The first-order valence-electron chi connectivity index (χ1n) is 4.94. The van der Waals surface area contributed by atoms with E-state index in [0.29, 0.717) is 4.77 Å². The van der Waals surface area contributed by atoms with E-state index < -0.39 is 0 Å². The number of hydrogen-bond acceptors (Lipinski definition) is 1. The molecule has 15 heavy (non-hydrogen) atoms. The molecule has 0 saturated heterocycles. The van der Waals surface area contributed by atoms with Gasteiger partial charge in [0, 0.05) is 11.3 Å². The van der Waals surface area contributed by atoms with E-state index in [-0.39, 0.29) is 0 Å². The second-order valence-corrected chi connectivity index (χ2v) is 4.31. The van der Waals surface area contributed by atoms with E-state index in [1.165, 1.54) is 16.7 Å². The largest absolute Gasteiger partial charge is 0.334 e. The molecule has 2 rings (SSSR count). The van der Waals surface area contributed by atoms with Crippen LogP contribution < -0.4 is 0 Å². The van der Waals surface area contributed by atoms with Crippen molar-refractivity contribution in [2.24, 2.45) is 0 Å². The highest BCUT2D eigenvalue weighted by atomic mass is 32.1. The van der Waals surface area contributed by atoms with Crippen LogP contribution in [0.15, 0.2) is 18.2 Å². The van der Waals surface area contributed by atoms with Crippen LogP contribution in [0.1, 0.15) is 16.8 Å². The minimum absolute atomic E-state index is 0.683. The van der Waals surface area contributed by atoms with Gasteiger partial charge in [0.15, 0.2) is 4.77 Å². The molecule has 1 aromatic carbocycles. The lowest BCUT2D eigenvalue weighted by Crippen LogP contribution is -1.86. The predicted molar refractivity (Wildman–Crippen MR) is 65.6 cm³/mol. The van der Waals surface area contributed by atoms with Crippen LogP contribution in [0.25, 0.3) is 11.3 Å². The lowest BCUT2D eigenvalue weighted by atomic mass is 10.0. The van der Waals surface area contributed by atoms with E-state index in [0.717, 1.165) is 11.4 Å². The quantitative estimate of drug-likeness (QED) is 0.703. The first-order valence-corrected chi connectivity index (χ1v) is 5.35. The van der Waals surface area contributed by atoms with Gasteiger partial charge < -0.3 is 9.97 Å². The number of benzene rings is 1. The minimum atomic E-state index is 0.683. The molecule has 0 fully saturated rings. The average molecular weight is 218 g/mol. The van der Waals surface area contributed by atoms with Gasteiger partial charge in [-0.3, -0.25) is 0 Å².